The fourth-order valence-corrected chi connectivity index (χ4v) is 4.19. The summed E-state index contributed by atoms with van der Waals surface area (Å²) in [5.41, 5.74) is 4.33. The first-order valence-corrected chi connectivity index (χ1v) is 12.1. The minimum atomic E-state index is -0.0417. The lowest BCUT2D eigenvalue weighted by Crippen LogP contribution is -2.17. The fraction of sp³-hybridized carbons (Fsp3) is 0.500. The molecule has 4 rings (SSSR count). The Hall–Kier alpha value is -3.29. The fourth-order valence-electron chi connectivity index (χ4n) is 4.19. The molecule has 0 aliphatic rings. The van der Waals surface area contributed by atoms with Crippen LogP contribution in [0.2, 0.25) is 0 Å². The SMILES string of the molecule is CC(C)Cc1nc(CC(C)C)n(Cc2ccc(-n3c(-c4nn[nH]n4)ccc3C(C)(C)C)cc2)n1. The van der Waals surface area contributed by atoms with Crippen molar-refractivity contribution in [2.75, 3.05) is 0 Å². The highest BCUT2D eigenvalue weighted by Crippen LogP contribution is 2.31. The molecule has 180 valence electrons. The third-order valence-electron chi connectivity index (χ3n) is 5.72. The number of nitrogens with zero attached hydrogens (tertiary/aromatic N) is 7. The molecule has 0 saturated carbocycles. The molecule has 0 bridgehead atoms. The highest BCUT2D eigenvalue weighted by atomic mass is 15.5. The lowest BCUT2D eigenvalue weighted by Gasteiger charge is -2.23. The molecule has 4 aromatic rings. The minimum absolute atomic E-state index is 0.0417. The maximum atomic E-state index is 4.85. The first-order valence-electron chi connectivity index (χ1n) is 12.1. The molecule has 1 aromatic carbocycles. The van der Waals surface area contributed by atoms with Crippen molar-refractivity contribution in [3.05, 3.63) is 59.3 Å². The summed E-state index contributed by atoms with van der Waals surface area (Å²) in [6.07, 6.45) is 1.83. The predicted octanol–water partition coefficient (Wildman–Crippen LogP) is 4.99. The van der Waals surface area contributed by atoms with Gasteiger partial charge in [0.1, 0.15) is 5.82 Å². The third kappa shape index (κ3) is 5.26. The summed E-state index contributed by atoms with van der Waals surface area (Å²) in [5, 5.41) is 19.6. The average molecular weight is 461 g/mol. The van der Waals surface area contributed by atoms with Gasteiger partial charge in [0.25, 0.3) is 0 Å². The minimum Gasteiger partial charge on any atom is -0.310 e. The largest absolute Gasteiger partial charge is 0.310 e. The molecule has 8 heteroatoms. The van der Waals surface area contributed by atoms with Gasteiger partial charge in [0, 0.05) is 29.6 Å². The second-order valence-electron chi connectivity index (χ2n) is 10.9. The van der Waals surface area contributed by atoms with E-state index in [1.165, 1.54) is 11.3 Å². The van der Waals surface area contributed by atoms with E-state index in [1.807, 2.05) is 0 Å². The van der Waals surface area contributed by atoms with E-state index in [0.29, 0.717) is 24.2 Å². The standard InChI is InChI=1S/C26H36N8/c1-17(2)14-23-27-24(15-18(3)4)33(30-23)16-19-8-10-20(11-9-19)34-21(25-28-31-32-29-25)12-13-22(34)26(5,6)7/h8-13,17-18H,14-16H2,1-7H3,(H,28,29,31,32). The van der Waals surface area contributed by atoms with Gasteiger partial charge in [0.05, 0.1) is 12.2 Å². The molecule has 1 N–H and O–H groups in total. The smallest absolute Gasteiger partial charge is 0.221 e. The number of tetrazole rings is 1. The summed E-state index contributed by atoms with van der Waals surface area (Å²) in [7, 11) is 0. The van der Waals surface area contributed by atoms with Gasteiger partial charge in [-0.25, -0.2) is 9.67 Å². The Kier molecular flexibility index (Phi) is 6.68. The summed E-state index contributed by atoms with van der Waals surface area (Å²) in [6.45, 7) is 16.2. The lowest BCUT2D eigenvalue weighted by molar-refractivity contribution is 0.556. The Morgan fingerprint density at radius 3 is 2.21 bits per heavy atom. The monoisotopic (exact) mass is 460 g/mol. The number of benzene rings is 1. The van der Waals surface area contributed by atoms with Crippen molar-refractivity contribution < 1.29 is 0 Å². The maximum absolute atomic E-state index is 4.85. The van der Waals surface area contributed by atoms with Crippen molar-refractivity contribution in [2.24, 2.45) is 11.8 Å². The van der Waals surface area contributed by atoms with E-state index in [-0.39, 0.29) is 5.41 Å². The Morgan fingerprint density at radius 1 is 0.912 bits per heavy atom. The van der Waals surface area contributed by atoms with Gasteiger partial charge in [-0.05, 0) is 46.9 Å². The van der Waals surface area contributed by atoms with E-state index in [2.05, 4.69) is 115 Å². The van der Waals surface area contributed by atoms with Gasteiger partial charge in [-0.1, -0.05) is 60.6 Å². The second-order valence-corrected chi connectivity index (χ2v) is 10.9. The van der Waals surface area contributed by atoms with E-state index >= 15 is 0 Å². The molecular formula is C26H36N8. The van der Waals surface area contributed by atoms with Crippen LogP contribution in [0.25, 0.3) is 17.2 Å². The third-order valence-corrected chi connectivity index (χ3v) is 5.72. The van der Waals surface area contributed by atoms with Crippen LogP contribution in [0.15, 0.2) is 36.4 Å². The average Bonchev–Trinajstić information content (AvgIpc) is 3.47. The number of rotatable bonds is 8. The van der Waals surface area contributed by atoms with Crippen LogP contribution >= 0.6 is 0 Å². The van der Waals surface area contributed by atoms with Crippen molar-refractivity contribution in [1.82, 2.24) is 40.0 Å². The second kappa shape index (κ2) is 9.52. The van der Waals surface area contributed by atoms with Crippen LogP contribution < -0.4 is 0 Å². The van der Waals surface area contributed by atoms with E-state index in [4.69, 9.17) is 10.1 Å². The highest BCUT2D eigenvalue weighted by molar-refractivity contribution is 5.57. The number of nitrogens with one attached hydrogen (secondary N) is 1. The predicted molar refractivity (Wildman–Crippen MR) is 134 cm³/mol. The summed E-state index contributed by atoms with van der Waals surface area (Å²) < 4.78 is 4.29. The van der Waals surface area contributed by atoms with Gasteiger partial charge in [-0.3, -0.25) is 0 Å². The van der Waals surface area contributed by atoms with Gasteiger partial charge in [-0.15, -0.1) is 10.2 Å². The first-order chi connectivity index (χ1) is 16.1. The van der Waals surface area contributed by atoms with Crippen LogP contribution in [0.1, 0.15) is 71.4 Å². The molecule has 0 aliphatic carbocycles. The zero-order chi connectivity index (χ0) is 24.5. The number of hydrogen-bond donors (Lipinski definition) is 1. The highest BCUT2D eigenvalue weighted by Gasteiger charge is 2.23. The molecule has 8 nitrogen and oxygen atoms in total. The molecule has 0 fully saturated rings. The molecule has 3 aromatic heterocycles. The lowest BCUT2D eigenvalue weighted by atomic mass is 9.92. The molecule has 3 heterocycles. The van der Waals surface area contributed by atoms with Gasteiger partial charge in [0.2, 0.25) is 5.82 Å². The molecular weight excluding hydrogens is 424 g/mol. The van der Waals surface area contributed by atoms with Crippen molar-refractivity contribution in [3.8, 4) is 17.2 Å². The van der Waals surface area contributed by atoms with Crippen LogP contribution in [0, 0.1) is 11.8 Å². The Balaban J connectivity index is 1.65. The van der Waals surface area contributed by atoms with Gasteiger partial charge in [-0.2, -0.15) is 10.3 Å². The number of aromatic nitrogens is 8. The topological polar surface area (TPSA) is 90.1 Å². The number of hydrogen-bond acceptors (Lipinski definition) is 5. The molecule has 34 heavy (non-hydrogen) atoms. The van der Waals surface area contributed by atoms with Crippen LogP contribution in [0.4, 0.5) is 0 Å². The Morgan fingerprint density at radius 2 is 1.62 bits per heavy atom. The van der Waals surface area contributed by atoms with E-state index < -0.39 is 0 Å². The van der Waals surface area contributed by atoms with E-state index in [1.54, 1.807) is 0 Å². The van der Waals surface area contributed by atoms with Crippen LogP contribution in [-0.4, -0.2) is 40.0 Å². The van der Waals surface area contributed by atoms with Crippen LogP contribution in [-0.2, 0) is 24.8 Å². The van der Waals surface area contributed by atoms with E-state index in [0.717, 1.165) is 35.9 Å². The van der Waals surface area contributed by atoms with Crippen molar-refractivity contribution in [3.63, 3.8) is 0 Å². The summed E-state index contributed by atoms with van der Waals surface area (Å²) in [4.78, 5) is 4.85. The zero-order valence-corrected chi connectivity index (χ0v) is 21.4. The van der Waals surface area contributed by atoms with Crippen LogP contribution in [0.5, 0.6) is 0 Å². The van der Waals surface area contributed by atoms with Gasteiger partial charge >= 0.3 is 0 Å². The molecule has 0 aliphatic heterocycles. The summed E-state index contributed by atoms with van der Waals surface area (Å²) >= 11 is 0. The molecule has 0 spiro atoms. The van der Waals surface area contributed by atoms with Crippen LogP contribution in [0.3, 0.4) is 0 Å². The van der Waals surface area contributed by atoms with Crippen molar-refractivity contribution in [1.29, 1.82) is 0 Å². The Bertz CT molecular complexity index is 1200. The first kappa shape index (κ1) is 23.9. The zero-order valence-electron chi connectivity index (χ0n) is 21.4. The number of aromatic amines is 1. The molecule has 0 unspecified atom stereocenters. The Labute approximate surface area is 201 Å². The summed E-state index contributed by atoms with van der Waals surface area (Å²) in [6, 6.07) is 12.9. The molecule has 0 saturated heterocycles. The van der Waals surface area contributed by atoms with Crippen molar-refractivity contribution in [2.45, 2.75) is 73.3 Å². The quantitative estimate of drug-likeness (QED) is 0.400. The molecule has 0 radical (unpaired) electrons. The normalized spacial score (nSPS) is 12.3. The van der Waals surface area contributed by atoms with Gasteiger partial charge in [0.15, 0.2) is 5.82 Å². The number of H-pyrrole nitrogens is 1. The molecule has 0 atom stereocenters. The van der Waals surface area contributed by atoms with Crippen molar-refractivity contribution >= 4 is 0 Å². The summed E-state index contributed by atoms with van der Waals surface area (Å²) in [5.74, 6) is 3.65. The molecule has 0 amide bonds. The maximum Gasteiger partial charge on any atom is 0.221 e. The van der Waals surface area contributed by atoms with E-state index in [9.17, 15) is 0 Å². The van der Waals surface area contributed by atoms with Gasteiger partial charge < -0.3 is 4.57 Å².